The molecule has 0 saturated heterocycles. The van der Waals surface area contributed by atoms with E-state index in [1.165, 1.54) is 13.1 Å². The van der Waals surface area contributed by atoms with Gasteiger partial charge >= 0.3 is 29.6 Å². The quantitative estimate of drug-likeness (QED) is 0.197. The summed E-state index contributed by atoms with van der Waals surface area (Å²) in [6.07, 6.45) is 6.61. The Morgan fingerprint density at radius 2 is 1.39 bits per heavy atom. The molecule has 2 heterocycles. The average molecular weight is 383 g/mol. The van der Waals surface area contributed by atoms with Crippen molar-refractivity contribution in [2.45, 2.75) is 14.9 Å². The van der Waals surface area contributed by atoms with Gasteiger partial charge in [-0.25, -0.2) is 0 Å². The van der Waals surface area contributed by atoms with E-state index in [1.807, 2.05) is 0 Å². The molecule has 0 radical (unpaired) electrons. The second-order valence-corrected chi connectivity index (χ2v) is 4.30. The molecular weight excluding hydrogens is 350 g/mol. The number of nitrogens with zero attached hydrogens (tertiary/aromatic N) is 4. The minimum absolute atomic E-state index is 0. The minimum atomic E-state index is 0. The van der Waals surface area contributed by atoms with E-state index >= 15 is 0 Å². The number of hydrogen-bond acceptors (Lipinski definition) is 5. The van der Waals surface area contributed by atoms with E-state index in [-0.39, 0.29) is 83.2 Å². The predicted octanol–water partition coefficient (Wildman–Crippen LogP) is -4.91. The number of carbonyl (C=O) groups is 2. The van der Waals surface area contributed by atoms with Gasteiger partial charge in [-0.15, -0.1) is 12.4 Å². The van der Waals surface area contributed by atoms with Crippen LogP contribution in [0.4, 0.5) is 0 Å². The first-order valence-electron chi connectivity index (χ1n) is 5.72. The molecule has 0 amide bonds. The second-order valence-electron chi connectivity index (χ2n) is 4.30. The van der Waals surface area contributed by atoms with Crippen molar-refractivity contribution in [2.24, 2.45) is 0 Å². The average Bonchev–Trinajstić information content (AvgIpc) is 2.88. The van der Waals surface area contributed by atoms with E-state index in [4.69, 9.17) is 9.59 Å². The van der Waals surface area contributed by atoms with Crippen LogP contribution in [0.15, 0.2) is 12.4 Å². The monoisotopic (exact) mass is 382 g/mol. The smallest absolute Gasteiger partial charge is 1.00 e. The molecule has 0 aromatic heterocycles. The van der Waals surface area contributed by atoms with Gasteiger partial charge < -0.3 is 23.6 Å². The van der Waals surface area contributed by atoms with Crippen LogP contribution in [0.1, 0.15) is 16.3 Å². The van der Waals surface area contributed by atoms with Crippen molar-refractivity contribution >= 4 is 31.3 Å². The molecule has 2 aliphatic heterocycles. The number of likely N-dealkylation sites (N-methyl/N-ethyl adjacent to an activating group) is 2. The summed E-state index contributed by atoms with van der Waals surface area (Å²) in [5.74, 6) is 0. The maximum atomic E-state index is 8.81. The van der Waals surface area contributed by atoms with E-state index in [0.717, 1.165) is 6.67 Å². The number of carbonyl (C=O) groups excluding carboxylic acids is 2. The summed E-state index contributed by atoms with van der Waals surface area (Å²) in [6.45, 7) is 3.38. The molecule has 0 spiro atoms. The van der Waals surface area contributed by atoms with Crippen molar-refractivity contribution in [2.75, 3.05) is 47.9 Å². The van der Waals surface area contributed by atoms with Gasteiger partial charge in [0.25, 0.3) is 0 Å². The zero-order valence-corrected chi connectivity index (χ0v) is 17.0. The van der Waals surface area contributed by atoms with Gasteiger partial charge in [0, 0.05) is 26.5 Å². The largest absolute Gasteiger partial charge is 1.00 e. The maximum absolute atomic E-state index is 8.81. The Kier molecular flexibility index (Phi) is 40.0. The summed E-state index contributed by atoms with van der Waals surface area (Å²) in [5.41, 5.74) is 0. The third-order valence-electron chi connectivity index (χ3n) is 2.28. The Morgan fingerprint density at radius 1 is 1.00 bits per heavy atom. The SMILES string of the molecule is C.C.CN1C=CN(C)C1.CN1C=[N+](C)CC1.Cl.O=CC=O.[Cl-].[H-].[Na+]. The van der Waals surface area contributed by atoms with Crippen molar-refractivity contribution in [3.63, 3.8) is 0 Å². The normalized spacial score (nSPS) is 12.9. The fourth-order valence-electron chi connectivity index (χ4n) is 1.44. The molecule has 23 heavy (non-hydrogen) atoms. The van der Waals surface area contributed by atoms with Crippen molar-refractivity contribution in [3.05, 3.63) is 12.4 Å². The molecule has 0 fully saturated rings. The van der Waals surface area contributed by atoms with Crippen LogP contribution in [-0.2, 0) is 9.59 Å². The Morgan fingerprint density at radius 3 is 1.48 bits per heavy atom. The Labute approximate surface area is 178 Å². The fourth-order valence-corrected chi connectivity index (χ4v) is 1.44. The van der Waals surface area contributed by atoms with Gasteiger partial charge in [0.2, 0.25) is 6.34 Å². The van der Waals surface area contributed by atoms with Gasteiger partial charge in [-0.3, -0.25) is 19.1 Å². The predicted molar refractivity (Wildman–Crippen MR) is 93.2 cm³/mol. The maximum Gasteiger partial charge on any atom is 1.00 e. The first-order valence-corrected chi connectivity index (χ1v) is 5.72. The first-order chi connectivity index (χ1) is 8.49. The number of hydrogen-bond donors (Lipinski definition) is 0. The summed E-state index contributed by atoms with van der Waals surface area (Å²) in [4.78, 5) is 24.0. The van der Waals surface area contributed by atoms with Crippen LogP contribution in [0.5, 0.6) is 0 Å². The summed E-state index contributed by atoms with van der Waals surface area (Å²) in [6, 6.07) is 0. The summed E-state index contributed by atoms with van der Waals surface area (Å²) < 4.78 is 2.18. The molecule has 0 unspecified atom stereocenters. The Bertz CT molecular complexity index is 322. The van der Waals surface area contributed by atoms with E-state index < -0.39 is 0 Å². The van der Waals surface area contributed by atoms with Gasteiger partial charge in [0.1, 0.15) is 13.1 Å². The summed E-state index contributed by atoms with van der Waals surface area (Å²) >= 11 is 0. The van der Waals surface area contributed by atoms with Crippen molar-refractivity contribution < 1.29 is 57.6 Å². The molecule has 136 valence electrons. The first kappa shape index (κ1) is 38.3. The van der Waals surface area contributed by atoms with Crippen molar-refractivity contribution in [1.82, 2.24) is 14.7 Å². The van der Waals surface area contributed by atoms with Gasteiger partial charge in [-0.2, -0.15) is 0 Å². The van der Waals surface area contributed by atoms with Gasteiger partial charge in [0.15, 0.2) is 12.6 Å². The molecule has 0 bridgehead atoms. The van der Waals surface area contributed by atoms with E-state index in [2.05, 4.69) is 66.2 Å². The van der Waals surface area contributed by atoms with Crippen LogP contribution in [0.25, 0.3) is 0 Å². The van der Waals surface area contributed by atoms with Gasteiger partial charge in [-0.1, -0.05) is 14.9 Å². The van der Waals surface area contributed by atoms with Crippen LogP contribution in [0, 0.1) is 0 Å². The van der Waals surface area contributed by atoms with Crippen LogP contribution in [0.2, 0.25) is 0 Å². The van der Waals surface area contributed by atoms with Crippen molar-refractivity contribution in [3.8, 4) is 0 Å². The Balaban J connectivity index is -0.0000000331. The molecule has 0 aromatic carbocycles. The van der Waals surface area contributed by atoms with E-state index in [0.29, 0.717) is 0 Å². The van der Waals surface area contributed by atoms with Gasteiger partial charge in [0.05, 0.1) is 20.8 Å². The topological polar surface area (TPSA) is 46.9 Å². The number of aldehydes is 2. The molecule has 2 rings (SSSR count). The molecule has 0 saturated carbocycles. The molecule has 9 heteroatoms. The van der Waals surface area contributed by atoms with Crippen LogP contribution in [0.3, 0.4) is 0 Å². The third kappa shape index (κ3) is 24.1. The molecule has 0 aliphatic carbocycles. The summed E-state index contributed by atoms with van der Waals surface area (Å²) in [5, 5.41) is 0. The number of rotatable bonds is 1. The van der Waals surface area contributed by atoms with Crippen LogP contribution in [-0.4, -0.2) is 86.1 Å². The minimum Gasteiger partial charge on any atom is -1.00 e. The number of halogens is 2. The molecule has 2 aliphatic rings. The Hall–Kier alpha value is -0.270. The fraction of sp³-hybridized carbons (Fsp3) is 0.643. The molecular formula is C14H33Cl2N4NaO2. The second kappa shape index (κ2) is 24.0. The molecule has 0 atom stereocenters. The molecule has 6 nitrogen and oxygen atoms in total. The van der Waals surface area contributed by atoms with Crippen LogP contribution < -0.4 is 42.0 Å². The zero-order chi connectivity index (χ0) is 14.0. The van der Waals surface area contributed by atoms with Gasteiger partial charge in [-0.05, 0) is 0 Å². The standard InChI is InChI=1S/C5H11N2.C5H10N2.C2H2O2.2CH4.2ClH.Na.H/c2*1-6-3-4-7(2)5-6;3-1-2-4;;;;;;/h5H,3-4H2,1-2H3;3-4H,5H2,1-2H3;1-2H;2*1H4;2*1H;;/q+1;;;;;;;+1;-1/p-1. The molecule has 0 N–H and O–H groups in total. The van der Waals surface area contributed by atoms with Crippen LogP contribution >= 0.6 is 12.4 Å². The summed E-state index contributed by atoms with van der Waals surface area (Å²) in [7, 11) is 8.28. The third-order valence-corrected chi connectivity index (χ3v) is 2.28. The van der Waals surface area contributed by atoms with E-state index in [9.17, 15) is 0 Å². The van der Waals surface area contributed by atoms with E-state index in [1.54, 1.807) is 0 Å². The molecule has 0 aromatic rings. The van der Waals surface area contributed by atoms with Crippen molar-refractivity contribution in [1.29, 1.82) is 0 Å². The zero-order valence-electron chi connectivity index (χ0n) is 14.4.